The average Bonchev–Trinajstić information content (AvgIpc) is 2.62. The van der Waals surface area contributed by atoms with Crippen LogP contribution in [0.3, 0.4) is 0 Å². The number of para-hydroxylation sites is 2. The van der Waals surface area contributed by atoms with E-state index in [2.05, 4.69) is 0 Å². The molecule has 0 aromatic heterocycles. The van der Waals surface area contributed by atoms with E-state index in [0.29, 0.717) is 11.5 Å². The summed E-state index contributed by atoms with van der Waals surface area (Å²) in [5.41, 5.74) is 1.81. The summed E-state index contributed by atoms with van der Waals surface area (Å²) in [4.78, 5) is 0. The summed E-state index contributed by atoms with van der Waals surface area (Å²) in [7, 11) is 0. The van der Waals surface area contributed by atoms with Crippen LogP contribution in [0.5, 0.6) is 23.0 Å². The zero-order valence-corrected chi connectivity index (χ0v) is 12.8. The topological polar surface area (TPSA) is 58.9 Å². The lowest BCUT2D eigenvalue weighted by Crippen LogP contribution is -2.26. The molecule has 24 heavy (non-hydrogen) atoms. The first kappa shape index (κ1) is 14.5. The number of fused-ring (bicyclic) bond motifs is 1. The van der Waals surface area contributed by atoms with Gasteiger partial charge in [-0.1, -0.05) is 36.4 Å². The van der Waals surface area contributed by atoms with Crippen molar-refractivity contribution in [2.24, 2.45) is 0 Å². The van der Waals surface area contributed by atoms with Crippen LogP contribution in [0.25, 0.3) is 0 Å². The van der Waals surface area contributed by atoms with Crippen LogP contribution < -0.4 is 9.47 Å². The van der Waals surface area contributed by atoms with Crippen LogP contribution in [-0.4, -0.2) is 10.2 Å². The fraction of sp³-hybridized carbons (Fsp3) is 0.100. The molecule has 4 nitrogen and oxygen atoms in total. The number of phenols is 2. The van der Waals surface area contributed by atoms with Gasteiger partial charge in [-0.3, -0.25) is 0 Å². The van der Waals surface area contributed by atoms with Gasteiger partial charge in [0.1, 0.15) is 11.5 Å². The summed E-state index contributed by atoms with van der Waals surface area (Å²) >= 11 is 0. The Bertz CT molecular complexity index is 768. The third-order valence-corrected chi connectivity index (χ3v) is 4.08. The summed E-state index contributed by atoms with van der Waals surface area (Å²) in [6.07, 6.45) is -0.713. The number of benzene rings is 3. The minimum absolute atomic E-state index is 0.206. The Kier molecular flexibility index (Phi) is 3.50. The predicted octanol–water partition coefficient (Wildman–Crippen LogP) is 4.35. The third kappa shape index (κ3) is 2.63. The van der Waals surface area contributed by atoms with E-state index in [9.17, 15) is 10.2 Å². The third-order valence-electron chi connectivity index (χ3n) is 4.08. The van der Waals surface area contributed by atoms with Crippen LogP contribution in [0.2, 0.25) is 0 Å². The van der Waals surface area contributed by atoms with Crippen molar-refractivity contribution in [3.05, 3.63) is 83.9 Å². The van der Waals surface area contributed by atoms with Crippen LogP contribution in [0.1, 0.15) is 23.3 Å². The highest BCUT2D eigenvalue weighted by atomic mass is 16.6. The van der Waals surface area contributed by atoms with Crippen LogP contribution >= 0.6 is 0 Å². The smallest absolute Gasteiger partial charge is 0.165 e. The average molecular weight is 320 g/mol. The molecule has 1 aliphatic rings. The van der Waals surface area contributed by atoms with Gasteiger partial charge in [0, 0.05) is 0 Å². The van der Waals surface area contributed by atoms with Crippen molar-refractivity contribution < 1.29 is 19.7 Å². The van der Waals surface area contributed by atoms with E-state index in [4.69, 9.17) is 9.47 Å². The molecule has 1 heterocycles. The number of hydrogen-bond donors (Lipinski definition) is 2. The Morgan fingerprint density at radius 1 is 0.542 bits per heavy atom. The molecule has 0 unspecified atom stereocenters. The second-order valence-electron chi connectivity index (χ2n) is 5.71. The molecule has 120 valence electrons. The first-order valence-electron chi connectivity index (χ1n) is 7.71. The van der Waals surface area contributed by atoms with E-state index in [1.54, 1.807) is 24.3 Å². The number of rotatable bonds is 2. The highest BCUT2D eigenvalue weighted by Gasteiger charge is 2.34. The molecule has 0 aliphatic carbocycles. The second-order valence-corrected chi connectivity index (χ2v) is 5.71. The highest BCUT2D eigenvalue weighted by molar-refractivity contribution is 5.44. The van der Waals surface area contributed by atoms with Crippen molar-refractivity contribution in [2.75, 3.05) is 0 Å². The van der Waals surface area contributed by atoms with E-state index in [1.807, 2.05) is 48.5 Å². The summed E-state index contributed by atoms with van der Waals surface area (Å²) in [5, 5.41) is 19.1. The molecular weight excluding hydrogens is 304 g/mol. The standard InChI is InChI=1S/C20H16O4/c21-15-9-5-13(6-10-15)19-20(14-7-11-16(22)12-8-14)24-18-4-2-1-3-17(18)23-19/h1-12,19-22H/t19-,20+. The van der Waals surface area contributed by atoms with Crippen molar-refractivity contribution in [1.82, 2.24) is 0 Å². The molecule has 0 amide bonds. The SMILES string of the molecule is Oc1ccc([C@H]2Oc3ccccc3O[C@H]2c2ccc(O)cc2)cc1. The number of hydrogen-bond acceptors (Lipinski definition) is 4. The van der Waals surface area contributed by atoms with E-state index in [0.717, 1.165) is 11.1 Å². The van der Waals surface area contributed by atoms with Crippen molar-refractivity contribution in [3.63, 3.8) is 0 Å². The van der Waals surface area contributed by atoms with Gasteiger partial charge in [0.2, 0.25) is 0 Å². The van der Waals surface area contributed by atoms with E-state index >= 15 is 0 Å². The molecule has 2 atom stereocenters. The lowest BCUT2D eigenvalue weighted by atomic mass is 9.96. The fourth-order valence-electron chi connectivity index (χ4n) is 2.86. The fourth-order valence-corrected chi connectivity index (χ4v) is 2.86. The monoisotopic (exact) mass is 320 g/mol. The molecule has 3 aromatic rings. The maximum atomic E-state index is 9.53. The lowest BCUT2D eigenvalue weighted by Gasteiger charge is -2.34. The zero-order chi connectivity index (χ0) is 16.5. The molecule has 4 rings (SSSR count). The molecule has 3 aromatic carbocycles. The molecule has 0 saturated heterocycles. The minimum atomic E-state index is -0.356. The molecule has 2 N–H and O–H groups in total. The van der Waals surface area contributed by atoms with E-state index < -0.39 is 0 Å². The molecule has 1 aliphatic heterocycles. The summed E-state index contributed by atoms with van der Waals surface area (Å²) in [6.45, 7) is 0. The maximum Gasteiger partial charge on any atom is 0.165 e. The summed E-state index contributed by atoms with van der Waals surface area (Å²) in [6, 6.07) is 21.4. The first-order valence-corrected chi connectivity index (χ1v) is 7.71. The van der Waals surface area contributed by atoms with Crippen molar-refractivity contribution in [3.8, 4) is 23.0 Å². The lowest BCUT2D eigenvalue weighted by molar-refractivity contribution is 0.0183. The van der Waals surface area contributed by atoms with Gasteiger partial charge in [-0.15, -0.1) is 0 Å². The van der Waals surface area contributed by atoms with Gasteiger partial charge in [0.25, 0.3) is 0 Å². The normalized spacial score (nSPS) is 19.0. The van der Waals surface area contributed by atoms with Crippen LogP contribution in [0, 0.1) is 0 Å². The zero-order valence-electron chi connectivity index (χ0n) is 12.8. The first-order chi connectivity index (χ1) is 11.7. The quantitative estimate of drug-likeness (QED) is 0.737. The van der Waals surface area contributed by atoms with E-state index in [-0.39, 0.29) is 23.7 Å². The predicted molar refractivity (Wildman–Crippen MR) is 89.4 cm³/mol. The van der Waals surface area contributed by atoms with Gasteiger partial charge >= 0.3 is 0 Å². The molecular formula is C20H16O4. The minimum Gasteiger partial charge on any atom is -0.508 e. The molecule has 4 heteroatoms. The Balaban J connectivity index is 1.78. The Labute approximate surface area is 139 Å². The number of ether oxygens (including phenoxy) is 2. The number of aromatic hydroxyl groups is 2. The van der Waals surface area contributed by atoms with Crippen molar-refractivity contribution in [2.45, 2.75) is 12.2 Å². The molecule has 0 bridgehead atoms. The Hall–Kier alpha value is -3.14. The largest absolute Gasteiger partial charge is 0.508 e. The summed E-state index contributed by atoms with van der Waals surface area (Å²) in [5.74, 6) is 1.78. The van der Waals surface area contributed by atoms with Gasteiger partial charge in [-0.2, -0.15) is 0 Å². The molecule has 0 saturated carbocycles. The van der Waals surface area contributed by atoms with Gasteiger partial charge in [-0.05, 0) is 47.5 Å². The Morgan fingerprint density at radius 2 is 0.917 bits per heavy atom. The van der Waals surface area contributed by atoms with Gasteiger partial charge in [0.15, 0.2) is 23.7 Å². The van der Waals surface area contributed by atoms with Gasteiger partial charge in [0.05, 0.1) is 0 Å². The van der Waals surface area contributed by atoms with E-state index in [1.165, 1.54) is 0 Å². The second kappa shape index (κ2) is 5.81. The Morgan fingerprint density at radius 3 is 1.29 bits per heavy atom. The highest BCUT2D eigenvalue weighted by Crippen LogP contribution is 2.45. The van der Waals surface area contributed by atoms with Gasteiger partial charge in [-0.25, -0.2) is 0 Å². The molecule has 0 radical (unpaired) electrons. The van der Waals surface area contributed by atoms with Crippen molar-refractivity contribution in [1.29, 1.82) is 0 Å². The van der Waals surface area contributed by atoms with Crippen LogP contribution in [0.15, 0.2) is 72.8 Å². The number of phenolic OH excluding ortho intramolecular Hbond substituents is 2. The maximum absolute atomic E-state index is 9.53. The van der Waals surface area contributed by atoms with Crippen LogP contribution in [-0.2, 0) is 0 Å². The molecule has 0 fully saturated rings. The van der Waals surface area contributed by atoms with Crippen molar-refractivity contribution >= 4 is 0 Å². The van der Waals surface area contributed by atoms with Crippen LogP contribution in [0.4, 0.5) is 0 Å². The molecule has 0 spiro atoms. The summed E-state index contributed by atoms with van der Waals surface area (Å²) < 4.78 is 12.4. The van der Waals surface area contributed by atoms with Gasteiger partial charge < -0.3 is 19.7 Å².